The second-order valence-electron chi connectivity index (χ2n) is 6.13. The fourth-order valence-electron chi connectivity index (χ4n) is 3.39. The molecule has 1 saturated heterocycles. The van der Waals surface area contributed by atoms with Crippen molar-refractivity contribution in [2.75, 3.05) is 11.9 Å². The molecular formula is C16H20N2O2. The summed E-state index contributed by atoms with van der Waals surface area (Å²) >= 11 is 0. The molecular weight excluding hydrogens is 252 g/mol. The van der Waals surface area contributed by atoms with Crippen LogP contribution >= 0.6 is 0 Å². The first-order valence-corrected chi connectivity index (χ1v) is 7.58. The fourth-order valence-corrected chi connectivity index (χ4v) is 3.39. The van der Waals surface area contributed by atoms with Gasteiger partial charge in [-0.25, -0.2) is 0 Å². The smallest absolute Gasteiger partial charge is 0.243 e. The second kappa shape index (κ2) is 4.77. The lowest BCUT2D eigenvalue weighted by Gasteiger charge is -2.21. The zero-order valence-corrected chi connectivity index (χ0v) is 11.5. The number of para-hydroxylation sites is 1. The number of amides is 1. The van der Waals surface area contributed by atoms with Gasteiger partial charge in [0.2, 0.25) is 5.91 Å². The number of hydrogen-bond acceptors (Lipinski definition) is 3. The van der Waals surface area contributed by atoms with Gasteiger partial charge in [-0.1, -0.05) is 18.2 Å². The quantitative estimate of drug-likeness (QED) is 0.880. The first-order valence-electron chi connectivity index (χ1n) is 7.58. The van der Waals surface area contributed by atoms with Crippen LogP contribution in [0.3, 0.4) is 0 Å². The summed E-state index contributed by atoms with van der Waals surface area (Å²) in [7, 11) is 0. The van der Waals surface area contributed by atoms with Crippen molar-refractivity contribution in [1.82, 2.24) is 5.32 Å². The predicted octanol–water partition coefficient (Wildman–Crippen LogP) is 1.71. The molecule has 1 amide bonds. The van der Waals surface area contributed by atoms with Gasteiger partial charge in [-0.3, -0.25) is 4.79 Å². The van der Waals surface area contributed by atoms with E-state index >= 15 is 0 Å². The maximum absolute atomic E-state index is 12.4. The molecule has 4 heteroatoms. The van der Waals surface area contributed by atoms with Crippen molar-refractivity contribution in [3.05, 3.63) is 29.8 Å². The highest BCUT2D eigenvalue weighted by Gasteiger charge is 2.42. The molecule has 1 saturated carbocycles. The van der Waals surface area contributed by atoms with Crippen molar-refractivity contribution >= 4 is 11.6 Å². The van der Waals surface area contributed by atoms with Crippen molar-refractivity contribution in [3.63, 3.8) is 0 Å². The lowest BCUT2D eigenvalue weighted by Crippen LogP contribution is -2.47. The van der Waals surface area contributed by atoms with Crippen molar-refractivity contribution in [1.29, 1.82) is 0 Å². The van der Waals surface area contributed by atoms with E-state index in [0.717, 1.165) is 25.1 Å². The third kappa shape index (κ3) is 2.18. The summed E-state index contributed by atoms with van der Waals surface area (Å²) in [5, 5.41) is 6.52. The predicted molar refractivity (Wildman–Crippen MR) is 76.6 cm³/mol. The first-order chi connectivity index (χ1) is 9.81. The van der Waals surface area contributed by atoms with Crippen LogP contribution in [0.1, 0.15) is 24.8 Å². The third-order valence-corrected chi connectivity index (χ3v) is 4.64. The van der Waals surface area contributed by atoms with Crippen LogP contribution < -0.4 is 10.6 Å². The van der Waals surface area contributed by atoms with Crippen molar-refractivity contribution in [3.8, 4) is 0 Å². The Morgan fingerprint density at radius 2 is 2.10 bits per heavy atom. The Labute approximate surface area is 118 Å². The molecule has 3 aliphatic rings. The summed E-state index contributed by atoms with van der Waals surface area (Å²) in [6.07, 6.45) is 4.49. The molecule has 1 aromatic rings. The SMILES string of the molecule is O=C(NC1CCOC1C1CC1)[C@@H]1Cc2ccccc2N1. The Morgan fingerprint density at radius 3 is 2.90 bits per heavy atom. The summed E-state index contributed by atoms with van der Waals surface area (Å²) in [4.78, 5) is 12.4. The molecule has 1 aromatic carbocycles. The average Bonchev–Trinajstić information content (AvgIpc) is 3.04. The standard InChI is InChI=1S/C16H20N2O2/c19-16(14-9-11-3-1-2-4-12(11)17-14)18-13-7-8-20-15(13)10-5-6-10/h1-4,10,13-15,17H,5-9H2,(H,18,19)/t13?,14-,15?/m0/s1. The minimum Gasteiger partial charge on any atom is -0.376 e. The van der Waals surface area contributed by atoms with Gasteiger partial charge in [0.05, 0.1) is 12.1 Å². The van der Waals surface area contributed by atoms with Gasteiger partial charge < -0.3 is 15.4 Å². The molecule has 1 aliphatic carbocycles. The van der Waals surface area contributed by atoms with Gasteiger partial charge >= 0.3 is 0 Å². The highest BCUT2D eigenvalue weighted by Crippen LogP contribution is 2.38. The van der Waals surface area contributed by atoms with E-state index in [1.54, 1.807) is 0 Å². The van der Waals surface area contributed by atoms with Gasteiger partial charge in [-0.05, 0) is 36.8 Å². The summed E-state index contributed by atoms with van der Waals surface area (Å²) in [5.74, 6) is 0.791. The molecule has 4 nitrogen and oxygen atoms in total. The van der Waals surface area contributed by atoms with Crippen molar-refractivity contribution in [2.45, 2.75) is 43.9 Å². The van der Waals surface area contributed by atoms with E-state index in [1.165, 1.54) is 18.4 Å². The summed E-state index contributed by atoms with van der Waals surface area (Å²) in [6, 6.07) is 8.22. The molecule has 2 fully saturated rings. The van der Waals surface area contributed by atoms with Crippen LogP contribution in [0.5, 0.6) is 0 Å². The van der Waals surface area contributed by atoms with Crippen molar-refractivity contribution < 1.29 is 9.53 Å². The van der Waals surface area contributed by atoms with E-state index in [0.29, 0.717) is 5.92 Å². The molecule has 0 radical (unpaired) electrons. The van der Waals surface area contributed by atoms with Gasteiger partial charge in [-0.2, -0.15) is 0 Å². The van der Waals surface area contributed by atoms with E-state index in [2.05, 4.69) is 16.7 Å². The minimum absolute atomic E-state index is 0.113. The molecule has 106 valence electrons. The number of ether oxygens (including phenoxy) is 1. The average molecular weight is 272 g/mol. The van der Waals surface area contributed by atoms with Gasteiger partial charge in [0.15, 0.2) is 0 Å². The number of anilines is 1. The maximum atomic E-state index is 12.4. The highest BCUT2D eigenvalue weighted by atomic mass is 16.5. The Hall–Kier alpha value is -1.55. The van der Waals surface area contributed by atoms with E-state index < -0.39 is 0 Å². The molecule has 4 rings (SSSR count). The molecule has 0 spiro atoms. The molecule has 20 heavy (non-hydrogen) atoms. The zero-order valence-electron chi connectivity index (χ0n) is 11.5. The van der Waals surface area contributed by atoms with Crippen LogP contribution in [-0.4, -0.2) is 30.7 Å². The molecule has 3 atom stereocenters. The van der Waals surface area contributed by atoms with Gasteiger partial charge in [0.25, 0.3) is 0 Å². The largest absolute Gasteiger partial charge is 0.376 e. The Morgan fingerprint density at radius 1 is 1.25 bits per heavy atom. The summed E-state index contributed by atoms with van der Waals surface area (Å²) in [5.41, 5.74) is 2.32. The van der Waals surface area contributed by atoms with Gasteiger partial charge in [0.1, 0.15) is 6.04 Å². The molecule has 0 aromatic heterocycles. The van der Waals surface area contributed by atoms with Crippen LogP contribution in [0.25, 0.3) is 0 Å². The van der Waals surface area contributed by atoms with Crippen molar-refractivity contribution in [2.24, 2.45) is 5.92 Å². The number of hydrogen-bond donors (Lipinski definition) is 2. The second-order valence-corrected chi connectivity index (χ2v) is 6.13. The highest BCUT2D eigenvalue weighted by molar-refractivity contribution is 5.87. The molecule has 2 heterocycles. The Bertz CT molecular complexity index is 502. The third-order valence-electron chi connectivity index (χ3n) is 4.64. The van der Waals surface area contributed by atoms with Crippen LogP contribution in [-0.2, 0) is 16.0 Å². The lowest BCUT2D eigenvalue weighted by atomic mass is 10.0. The van der Waals surface area contributed by atoms with Crippen LogP contribution in [0.2, 0.25) is 0 Å². The molecule has 2 unspecified atom stereocenters. The van der Waals surface area contributed by atoms with E-state index in [9.17, 15) is 4.79 Å². The maximum Gasteiger partial charge on any atom is 0.243 e. The molecule has 0 bridgehead atoms. The van der Waals surface area contributed by atoms with Gasteiger partial charge in [0, 0.05) is 18.7 Å². The number of carbonyl (C=O) groups is 1. The number of benzene rings is 1. The number of rotatable bonds is 3. The Balaban J connectivity index is 1.39. The van der Waals surface area contributed by atoms with Crippen LogP contribution in [0.15, 0.2) is 24.3 Å². The number of nitrogens with one attached hydrogen (secondary N) is 2. The topological polar surface area (TPSA) is 50.4 Å². The minimum atomic E-state index is -0.132. The molecule has 2 N–H and O–H groups in total. The lowest BCUT2D eigenvalue weighted by molar-refractivity contribution is -0.122. The van der Waals surface area contributed by atoms with Crippen LogP contribution in [0.4, 0.5) is 5.69 Å². The van der Waals surface area contributed by atoms with E-state index in [1.807, 2.05) is 18.2 Å². The van der Waals surface area contributed by atoms with E-state index in [-0.39, 0.29) is 24.1 Å². The first kappa shape index (κ1) is 12.2. The summed E-state index contributed by atoms with van der Waals surface area (Å²) < 4.78 is 5.78. The molecule has 2 aliphatic heterocycles. The van der Waals surface area contributed by atoms with Gasteiger partial charge in [-0.15, -0.1) is 0 Å². The fraction of sp³-hybridized carbons (Fsp3) is 0.562. The summed E-state index contributed by atoms with van der Waals surface area (Å²) in [6.45, 7) is 0.782. The Kier molecular flexibility index (Phi) is 2.91. The zero-order chi connectivity index (χ0) is 13.5. The van der Waals surface area contributed by atoms with E-state index in [4.69, 9.17) is 4.74 Å². The number of carbonyl (C=O) groups excluding carboxylic acids is 1. The number of fused-ring (bicyclic) bond motifs is 1. The monoisotopic (exact) mass is 272 g/mol. The normalized spacial score (nSPS) is 31.7. The van der Waals surface area contributed by atoms with Crippen LogP contribution in [0, 0.1) is 5.92 Å².